The van der Waals surface area contributed by atoms with E-state index in [1.54, 1.807) is 12.5 Å². The van der Waals surface area contributed by atoms with Crippen LogP contribution in [0.1, 0.15) is 0 Å². The highest BCUT2D eigenvalue weighted by molar-refractivity contribution is 5.27. The Labute approximate surface area is 58.6 Å². The van der Waals surface area contributed by atoms with Gasteiger partial charge in [0.2, 0.25) is 12.0 Å². The average Bonchev–Trinajstić information content (AvgIpc) is 2.34. The van der Waals surface area contributed by atoms with Crippen LogP contribution in [0.4, 0.5) is 0 Å². The van der Waals surface area contributed by atoms with Crippen LogP contribution in [0.2, 0.25) is 0 Å². The van der Waals surface area contributed by atoms with E-state index in [9.17, 15) is 0 Å². The normalized spacial score (nSPS) is 10.5. The van der Waals surface area contributed by atoms with Crippen molar-refractivity contribution in [2.24, 2.45) is 7.05 Å². The second-order valence-electron chi connectivity index (χ2n) is 2.25. The lowest BCUT2D eigenvalue weighted by Gasteiger charge is -1.84. The van der Waals surface area contributed by atoms with E-state index in [1.165, 1.54) is 0 Å². The molecule has 10 heavy (non-hydrogen) atoms. The Hall–Kier alpha value is -1.38. The molecule has 2 aromatic heterocycles. The van der Waals surface area contributed by atoms with Crippen LogP contribution in [0.25, 0.3) is 5.65 Å². The van der Waals surface area contributed by atoms with Crippen molar-refractivity contribution in [2.75, 3.05) is 0 Å². The van der Waals surface area contributed by atoms with Gasteiger partial charge in [-0.2, -0.15) is 0 Å². The van der Waals surface area contributed by atoms with E-state index in [-0.39, 0.29) is 0 Å². The van der Waals surface area contributed by atoms with Gasteiger partial charge in [-0.3, -0.25) is 4.57 Å². The third kappa shape index (κ3) is 0.603. The van der Waals surface area contributed by atoms with Gasteiger partial charge in [-0.05, 0) is 0 Å². The van der Waals surface area contributed by atoms with Crippen LogP contribution in [0.5, 0.6) is 0 Å². The number of hydrogen-bond acceptors (Lipinski definition) is 1. The molecular weight excluding hydrogens is 126 g/mol. The van der Waals surface area contributed by atoms with Gasteiger partial charge >= 0.3 is 0 Å². The van der Waals surface area contributed by atoms with Crippen LogP contribution in [-0.2, 0) is 7.05 Å². The molecule has 0 radical (unpaired) electrons. The van der Waals surface area contributed by atoms with Gasteiger partial charge in [-0.15, -0.1) is 4.98 Å². The van der Waals surface area contributed by atoms with Gasteiger partial charge in [-0.25, -0.2) is 4.40 Å². The summed E-state index contributed by atoms with van der Waals surface area (Å²) >= 11 is 0. The zero-order chi connectivity index (χ0) is 6.97. The Kier molecular flexibility index (Phi) is 0.974. The number of imidazole rings is 1. The van der Waals surface area contributed by atoms with Crippen molar-refractivity contribution in [1.29, 1.82) is 0 Å². The van der Waals surface area contributed by atoms with E-state index in [0.29, 0.717) is 0 Å². The second-order valence-corrected chi connectivity index (χ2v) is 2.25. The summed E-state index contributed by atoms with van der Waals surface area (Å²) in [5.74, 6) is 0. The molecule has 0 aliphatic carbocycles. The smallest absolute Gasteiger partial charge is 0.235 e. The first kappa shape index (κ1) is 5.41. The van der Waals surface area contributed by atoms with Gasteiger partial charge in [0.25, 0.3) is 0 Å². The quantitative estimate of drug-likeness (QED) is 0.470. The molecule has 2 aromatic rings. The fourth-order valence-electron chi connectivity index (χ4n) is 1.03. The molecule has 0 bridgehead atoms. The maximum atomic E-state index is 3.98. The zero-order valence-electron chi connectivity index (χ0n) is 5.73. The third-order valence-electron chi connectivity index (χ3n) is 1.58. The minimum absolute atomic E-state index is 1.15. The number of nitrogens with zero attached hydrogens (tertiary/aromatic N) is 3. The zero-order valence-corrected chi connectivity index (χ0v) is 5.73. The molecule has 3 nitrogen and oxygen atoms in total. The van der Waals surface area contributed by atoms with Crippen LogP contribution < -0.4 is 4.40 Å². The number of rotatable bonds is 0. The summed E-state index contributed by atoms with van der Waals surface area (Å²) in [6.45, 7) is 0. The fourth-order valence-corrected chi connectivity index (χ4v) is 1.03. The summed E-state index contributed by atoms with van der Waals surface area (Å²) in [6.07, 6.45) is 7.55. The minimum Gasteiger partial charge on any atom is -0.266 e. The highest BCUT2D eigenvalue weighted by Gasteiger charge is 1.99. The third-order valence-corrected chi connectivity index (χ3v) is 1.58. The van der Waals surface area contributed by atoms with Gasteiger partial charge in [0.1, 0.15) is 12.4 Å². The Balaban J connectivity index is 2.93. The van der Waals surface area contributed by atoms with Crippen molar-refractivity contribution in [3.63, 3.8) is 0 Å². The highest BCUT2D eigenvalue weighted by Crippen LogP contribution is 1.90. The van der Waals surface area contributed by atoms with Gasteiger partial charge in [0.05, 0.1) is 13.2 Å². The summed E-state index contributed by atoms with van der Waals surface area (Å²) in [7, 11) is 2.01. The van der Waals surface area contributed by atoms with Gasteiger partial charge in [-0.1, -0.05) is 0 Å². The predicted octanol–water partition coefficient (Wildman–Crippen LogP) is 0.159. The molecule has 0 aliphatic heterocycles. The number of hydrogen-bond donors (Lipinski definition) is 0. The summed E-state index contributed by atoms with van der Waals surface area (Å²) < 4.78 is 4.02. The first-order chi connectivity index (χ1) is 4.88. The van der Waals surface area contributed by atoms with Crippen molar-refractivity contribution in [1.82, 2.24) is 9.55 Å². The van der Waals surface area contributed by atoms with E-state index >= 15 is 0 Å². The predicted molar refractivity (Wildman–Crippen MR) is 36.4 cm³/mol. The molecule has 0 aromatic carbocycles. The van der Waals surface area contributed by atoms with E-state index in [0.717, 1.165) is 5.65 Å². The molecule has 2 heterocycles. The van der Waals surface area contributed by atoms with Crippen LogP contribution in [-0.4, -0.2) is 9.55 Å². The van der Waals surface area contributed by atoms with Gasteiger partial charge < -0.3 is 0 Å². The highest BCUT2D eigenvalue weighted by atomic mass is 15.1. The van der Waals surface area contributed by atoms with E-state index < -0.39 is 0 Å². The molecule has 0 spiro atoms. The molecule has 0 amide bonds. The monoisotopic (exact) mass is 134 g/mol. The summed E-state index contributed by atoms with van der Waals surface area (Å²) in [5, 5.41) is 0. The topological polar surface area (TPSA) is 21.9 Å². The maximum absolute atomic E-state index is 3.98. The van der Waals surface area contributed by atoms with Crippen LogP contribution in [0.3, 0.4) is 0 Å². The lowest BCUT2D eigenvalue weighted by molar-refractivity contribution is -0.514. The van der Waals surface area contributed by atoms with Crippen molar-refractivity contribution < 1.29 is 4.40 Å². The lowest BCUT2D eigenvalue weighted by atomic mass is 10.6. The van der Waals surface area contributed by atoms with E-state index in [2.05, 4.69) is 4.98 Å². The Morgan fingerprint density at radius 2 is 2.50 bits per heavy atom. The molecule has 0 unspecified atom stereocenters. The first-order valence-electron chi connectivity index (χ1n) is 3.14. The SMILES string of the molecule is Cn1cc[n+]2cnccc12. The Bertz CT molecular complexity index is 350. The van der Waals surface area contributed by atoms with Crippen molar-refractivity contribution in [2.45, 2.75) is 0 Å². The number of fused-ring (bicyclic) bond motifs is 1. The summed E-state index contributed by atoms with van der Waals surface area (Å²) in [6, 6.07) is 1.97. The van der Waals surface area contributed by atoms with Gasteiger partial charge in [0, 0.05) is 6.07 Å². The fraction of sp³-hybridized carbons (Fsp3) is 0.143. The van der Waals surface area contributed by atoms with Crippen LogP contribution in [0, 0.1) is 0 Å². The molecule has 3 heteroatoms. The second kappa shape index (κ2) is 1.80. The molecule has 0 N–H and O–H groups in total. The Morgan fingerprint density at radius 1 is 1.60 bits per heavy atom. The molecule has 0 atom stereocenters. The lowest BCUT2D eigenvalue weighted by Crippen LogP contribution is -2.18. The minimum atomic E-state index is 1.15. The van der Waals surface area contributed by atoms with Crippen molar-refractivity contribution in [3.8, 4) is 0 Å². The summed E-state index contributed by atoms with van der Waals surface area (Å²) in [4.78, 5) is 3.98. The maximum Gasteiger partial charge on any atom is 0.235 e. The summed E-state index contributed by atoms with van der Waals surface area (Å²) in [5.41, 5.74) is 1.15. The van der Waals surface area contributed by atoms with Crippen LogP contribution >= 0.6 is 0 Å². The molecule has 0 fully saturated rings. The molecule has 2 rings (SSSR count). The largest absolute Gasteiger partial charge is 0.266 e. The molecule has 0 saturated heterocycles. The molecular formula is C7H8N3+. The van der Waals surface area contributed by atoms with Gasteiger partial charge in [0.15, 0.2) is 0 Å². The first-order valence-corrected chi connectivity index (χ1v) is 3.14. The van der Waals surface area contributed by atoms with Crippen molar-refractivity contribution in [3.05, 3.63) is 31.0 Å². The average molecular weight is 134 g/mol. The number of aromatic nitrogens is 3. The molecule has 0 saturated carbocycles. The molecule has 0 aliphatic rings. The van der Waals surface area contributed by atoms with E-state index in [1.807, 2.05) is 34.5 Å². The standard InChI is InChI=1S/C7H8N3/c1-9-4-5-10-6-8-3-2-7(9)10/h2-6H,1H3/q+1. The Morgan fingerprint density at radius 3 is 3.30 bits per heavy atom. The molecule has 50 valence electrons. The van der Waals surface area contributed by atoms with E-state index in [4.69, 9.17) is 0 Å². The van der Waals surface area contributed by atoms with Crippen LogP contribution in [0.15, 0.2) is 31.0 Å². The van der Waals surface area contributed by atoms with Crippen molar-refractivity contribution >= 4 is 5.65 Å². The number of aryl methyl sites for hydroxylation is 1.